The minimum Gasteiger partial charge on any atom is -0.369 e. The van der Waals surface area contributed by atoms with E-state index in [0.717, 1.165) is 6.26 Å². The van der Waals surface area contributed by atoms with Gasteiger partial charge in [-0.3, -0.25) is 14.5 Å². The van der Waals surface area contributed by atoms with Crippen LogP contribution in [0.25, 0.3) is 10.2 Å². The highest BCUT2D eigenvalue weighted by Gasteiger charge is 2.24. The van der Waals surface area contributed by atoms with E-state index < -0.39 is 9.84 Å². The van der Waals surface area contributed by atoms with Crippen molar-refractivity contribution in [2.24, 2.45) is 11.7 Å². The lowest BCUT2D eigenvalue weighted by Crippen LogP contribution is -2.42. The molecule has 0 saturated carbocycles. The molecule has 2 aromatic rings. The molecule has 26 heavy (non-hydrogen) atoms. The summed E-state index contributed by atoms with van der Waals surface area (Å²) in [6.07, 6.45) is 2.48. The SMILES string of the molecule is CS(=O)(=O)c1ccc2nc(NC(=O)CN3CCC(C(N)=O)CC3)sc2c1. The molecule has 1 aromatic carbocycles. The van der Waals surface area contributed by atoms with E-state index in [1.165, 1.54) is 17.4 Å². The van der Waals surface area contributed by atoms with E-state index in [1.807, 2.05) is 4.90 Å². The number of fused-ring (bicyclic) bond motifs is 1. The van der Waals surface area contributed by atoms with Crippen molar-refractivity contribution in [1.82, 2.24) is 9.88 Å². The summed E-state index contributed by atoms with van der Waals surface area (Å²) in [5, 5.41) is 3.19. The third-order valence-electron chi connectivity index (χ3n) is 4.39. The van der Waals surface area contributed by atoms with E-state index in [-0.39, 0.29) is 29.2 Å². The van der Waals surface area contributed by atoms with Crippen LogP contribution in [0.15, 0.2) is 23.1 Å². The first-order valence-electron chi connectivity index (χ1n) is 8.14. The molecule has 10 heteroatoms. The van der Waals surface area contributed by atoms with Gasteiger partial charge in [-0.2, -0.15) is 0 Å². The van der Waals surface area contributed by atoms with Crippen molar-refractivity contribution in [1.29, 1.82) is 0 Å². The molecule has 0 radical (unpaired) electrons. The van der Waals surface area contributed by atoms with Gasteiger partial charge in [-0.25, -0.2) is 13.4 Å². The Bertz CT molecular complexity index is 946. The number of aromatic nitrogens is 1. The fraction of sp³-hybridized carbons (Fsp3) is 0.438. The fourth-order valence-electron chi connectivity index (χ4n) is 2.93. The number of nitrogens with one attached hydrogen (secondary N) is 1. The first kappa shape index (κ1) is 18.7. The number of primary amides is 1. The van der Waals surface area contributed by atoms with Crippen LogP contribution < -0.4 is 11.1 Å². The van der Waals surface area contributed by atoms with E-state index in [1.54, 1.807) is 12.1 Å². The maximum atomic E-state index is 12.2. The van der Waals surface area contributed by atoms with Gasteiger partial charge in [-0.05, 0) is 44.1 Å². The monoisotopic (exact) mass is 396 g/mol. The number of carbonyl (C=O) groups excluding carboxylic acids is 2. The molecule has 0 aliphatic carbocycles. The molecule has 1 saturated heterocycles. The number of anilines is 1. The largest absolute Gasteiger partial charge is 0.369 e. The minimum atomic E-state index is -3.29. The average Bonchev–Trinajstić information content (AvgIpc) is 2.95. The van der Waals surface area contributed by atoms with Gasteiger partial charge in [0, 0.05) is 12.2 Å². The summed E-state index contributed by atoms with van der Waals surface area (Å²) in [4.78, 5) is 29.9. The fourth-order valence-corrected chi connectivity index (χ4v) is 4.57. The minimum absolute atomic E-state index is 0.109. The summed E-state index contributed by atoms with van der Waals surface area (Å²) >= 11 is 1.24. The van der Waals surface area contributed by atoms with Gasteiger partial charge < -0.3 is 11.1 Å². The summed E-state index contributed by atoms with van der Waals surface area (Å²) in [5.74, 6) is -0.579. The van der Waals surface area contributed by atoms with Crippen LogP contribution in [0.5, 0.6) is 0 Å². The second-order valence-corrected chi connectivity index (χ2v) is 9.47. The van der Waals surface area contributed by atoms with Gasteiger partial charge in [0.2, 0.25) is 11.8 Å². The van der Waals surface area contributed by atoms with Crippen molar-refractivity contribution in [3.63, 3.8) is 0 Å². The van der Waals surface area contributed by atoms with Crippen molar-refractivity contribution in [3.05, 3.63) is 18.2 Å². The Kier molecular flexibility index (Phi) is 5.26. The molecule has 1 aliphatic heterocycles. The van der Waals surface area contributed by atoms with E-state index in [9.17, 15) is 18.0 Å². The predicted octanol–water partition coefficient (Wildman–Crippen LogP) is 0.836. The van der Waals surface area contributed by atoms with Gasteiger partial charge in [0.05, 0.1) is 21.7 Å². The smallest absolute Gasteiger partial charge is 0.240 e. The molecular weight excluding hydrogens is 376 g/mol. The molecule has 1 fully saturated rings. The molecule has 0 bridgehead atoms. The van der Waals surface area contributed by atoms with E-state index in [2.05, 4.69) is 10.3 Å². The lowest BCUT2D eigenvalue weighted by molar-refractivity contribution is -0.123. The topological polar surface area (TPSA) is 122 Å². The van der Waals surface area contributed by atoms with Crippen LogP contribution in [-0.4, -0.2) is 56.0 Å². The number of amides is 2. The Hall–Kier alpha value is -2.04. The molecule has 3 rings (SSSR count). The highest BCUT2D eigenvalue weighted by Crippen LogP contribution is 2.28. The summed E-state index contributed by atoms with van der Waals surface area (Å²) in [5.41, 5.74) is 5.95. The number of carbonyl (C=O) groups is 2. The standard InChI is InChI=1S/C16H20N4O4S2/c1-26(23,24)11-2-3-12-13(8-11)25-16(18-12)19-14(21)9-20-6-4-10(5-7-20)15(17)22/h2-3,8,10H,4-7,9H2,1H3,(H2,17,22)(H,18,19,21). The predicted molar refractivity (Wildman–Crippen MR) is 99.7 cm³/mol. The van der Waals surface area contributed by atoms with Gasteiger partial charge in [0.15, 0.2) is 15.0 Å². The van der Waals surface area contributed by atoms with Crippen LogP contribution in [0.3, 0.4) is 0 Å². The molecule has 1 aliphatic rings. The maximum absolute atomic E-state index is 12.2. The third-order valence-corrected chi connectivity index (χ3v) is 6.44. The number of hydrogen-bond donors (Lipinski definition) is 2. The lowest BCUT2D eigenvalue weighted by Gasteiger charge is -2.29. The molecule has 8 nitrogen and oxygen atoms in total. The summed E-state index contributed by atoms with van der Waals surface area (Å²) < 4.78 is 24.0. The number of likely N-dealkylation sites (tertiary alicyclic amines) is 1. The molecule has 0 atom stereocenters. The number of sulfone groups is 1. The number of benzene rings is 1. The van der Waals surface area contributed by atoms with Crippen molar-refractivity contribution in [2.45, 2.75) is 17.7 Å². The lowest BCUT2D eigenvalue weighted by atomic mass is 9.96. The molecule has 2 heterocycles. The van der Waals surface area contributed by atoms with Crippen molar-refractivity contribution < 1.29 is 18.0 Å². The summed E-state index contributed by atoms with van der Waals surface area (Å²) in [7, 11) is -3.29. The first-order valence-corrected chi connectivity index (χ1v) is 10.9. The second kappa shape index (κ2) is 7.29. The molecular formula is C16H20N4O4S2. The van der Waals surface area contributed by atoms with Crippen LogP contribution in [0, 0.1) is 5.92 Å². The summed E-state index contributed by atoms with van der Waals surface area (Å²) in [6, 6.07) is 4.70. The number of piperidine rings is 1. The van der Waals surface area contributed by atoms with Crippen molar-refractivity contribution in [2.75, 3.05) is 31.2 Å². The summed E-state index contributed by atoms with van der Waals surface area (Å²) in [6.45, 7) is 1.52. The van der Waals surface area contributed by atoms with Gasteiger partial charge in [0.25, 0.3) is 0 Å². The van der Waals surface area contributed by atoms with Crippen LogP contribution in [-0.2, 0) is 19.4 Å². The number of hydrogen-bond acceptors (Lipinski definition) is 7. The Labute approximate surface area is 155 Å². The Morgan fingerprint density at radius 2 is 2.04 bits per heavy atom. The van der Waals surface area contributed by atoms with Crippen LogP contribution in [0.1, 0.15) is 12.8 Å². The normalized spacial score (nSPS) is 16.7. The van der Waals surface area contributed by atoms with E-state index in [0.29, 0.717) is 41.3 Å². The molecule has 1 aromatic heterocycles. The Balaban J connectivity index is 1.62. The molecule has 2 amide bonds. The van der Waals surface area contributed by atoms with E-state index >= 15 is 0 Å². The average molecular weight is 396 g/mol. The quantitative estimate of drug-likeness (QED) is 0.772. The van der Waals surface area contributed by atoms with Crippen LogP contribution in [0.2, 0.25) is 0 Å². The Morgan fingerprint density at radius 1 is 1.35 bits per heavy atom. The second-order valence-electron chi connectivity index (χ2n) is 6.42. The number of thiazole rings is 1. The number of rotatable bonds is 5. The Morgan fingerprint density at radius 3 is 2.65 bits per heavy atom. The van der Waals surface area contributed by atoms with Crippen LogP contribution >= 0.6 is 11.3 Å². The van der Waals surface area contributed by atoms with E-state index in [4.69, 9.17) is 5.73 Å². The van der Waals surface area contributed by atoms with Gasteiger partial charge in [-0.15, -0.1) is 0 Å². The zero-order valence-corrected chi connectivity index (χ0v) is 15.9. The zero-order chi connectivity index (χ0) is 18.9. The highest BCUT2D eigenvalue weighted by atomic mass is 32.2. The molecule has 0 spiro atoms. The third kappa shape index (κ3) is 4.37. The molecule has 0 unspecified atom stereocenters. The maximum Gasteiger partial charge on any atom is 0.240 e. The number of nitrogens with zero attached hydrogens (tertiary/aromatic N) is 2. The molecule has 3 N–H and O–H groups in total. The van der Waals surface area contributed by atoms with Crippen molar-refractivity contribution in [3.8, 4) is 0 Å². The van der Waals surface area contributed by atoms with Crippen molar-refractivity contribution >= 4 is 48.3 Å². The van der Waals surface area contributed by atoms with Gasteiger partial charge >= 0.3 is 0 Å². The van der Waals surface area contributed by atoms with Gasteiger partial charge in [-0.1, -0.05) is 11.3 Å². The van der Waals surface area contributed by atoms with Gasteiger partial charge in [0.1, 0.15) is 0 Å². The first-order chi connectivity index (χ1) is 12.2. The zero-order valence-electron chi connectivity index (χ0n) is 14.3. The van der Waals surface area contributed by atoms with Crippen LogP contribution in [0.4, 0.5) is 5.13 Å². The highest BCUT2D eigenvalue weighted by molar-refractivity contribution is 7.90. The number of nitrogens with two attached hydrogens (primary N) is 1. The molecule has 140 valence electrons.